The molecule has 0 unspecified atom stereocenters. The molecular formula is C28H29ClN4O4S. The lowest BCUT2D eigenvalue weighted by Gasteiger charge is -2.18. The zero-order valence-electron chi connectivity index (χ0n) is 21.7. The average Bonchev–Trinajstić information content (AvgIpc) is 3.25. The van der Waals surface area contributed by atoms with Crippen LogP contribution in [0.4, 0.5) is 0 Å². The van der Waals surface area contributed by atoms with Crippen LogP contribution in [0.25, 0.3) is 5.69 Å². The Morgan fingerprint density at radius 1 is 1.00 bits per heavy atom. The Hall–Kier alpha value is -3.56. The minimum atomic E-state index is -0.532. The average molecular weight is 553 g/mol. The van der Waals surface area contributed by atoms with Gasteiger partial charge in [-0.05, 0) is 74.7 Å². The zero-order valence-corrected chi connectivity index (χ0v) is 23.3. The quantitative estimate of drug-likeness (QED) is 0.113. The van der Waals surface area contributed by atoms with Crippen molar-refractivity contribution in [3.8, 4) is 17.2 Å². The second-order valence-corrected chi connectivity index (χ2v) is 10.4. The van der Waals surface area contributed by atoms with Gasteiger partial charge in [-0.25, -0.2) is 0 Å². The van der Waals surface area contributed by atoms with Gasteiger partial charge in [0.2, 0.25) is 6.54 Å². The molecule has 0 aliphatic heterocycles. The number of halogens is 1. The predicted octanol–water partition coefficient (Wildman–Crippen LogP) is 6.93. The van der Waals surface area contributed by atoms with Crippen molar-refractivity contribution in [2.75, 3.05) is 13.2 Å². The second-order valence-electron chi connectivity index (χ2n) is 8.77. The summed E-state index contributed by atoms with van der Waals surface area (Å²) in [5.41, 5.74) is 4.81. The molecule has 0 aliphatic carbocycles. The molecule has 0 amide bonds. The first kappa shape index (κ1) is 27.5. The van der Waals surface area contributed by atoms with Gasteiger partial charge in [0.25, 0.3) is 0 Å². The first-order valence-corrected chi connectivity index (χ1v) is 13.4. The van der Waals surface area contributed by atoms with Crippen LogP contribution in [-0.4, -0.2) is 32.8 Å². The fourth-order valence-corrected chi connectivity index (χ4v) is 5.29. The van der Waals surface area contributed by atoms with E-state index in [1.54, 1.807) is 12.1 Å². The molecule has 0 bridgehead atoms. The van der Waals surface area contributed by atoms with Crippen LogP contribution in [0.15, 0.2) is 65.8 Å². The highest BCUT2D eigenvalue weighted by molar-refractivity contribution is 7.99. The third-order valence-corrected chi connectivity index (χ3v) is 7.64. The Kier molecular flexibility index (Phi) is 8.91. The van der Waals surface area contributed by atoms with E-state index in [1.165, 1.54) is 17.3 Å². The molecule has 0 saturated heterocycles. The number of hydrogen-bond acceptors (Lipinski definition) is 7. The van der Waals surface area contributed by atoms with Crippen molar-refractivity contribution in [3.05, 3.63) is 104 Å². The summed E-state index contributed by atoms with van der Waals surface area (Å²) in [7, 11) is 0. The Balaban J connectivity index is 1.64. The van der Waals surface area contributed by atoms with Crippen LogP contribution >= 0.6 is 23.4 Å². The first-order valence-electron chi connectivity index (χ1n) is 12.2. The van der Waals surface area contributed by atoms with Crippen LogP contribution in [0.2, 0.25) is 5.02 Å². The van der Waals surface area contributed by atoms with Crippen molar-refractivity contribution in [1.82, 2.24) is 14.8 Å². The minimum Gasteiger partial charge on any atom is -0.490 e. The molecule has 198 valence electrons. The summed E-state index contributed by atoms with van der Waals surface area (Å²) in [4.78, 5) is 11.3. The van der Waals surface area contributed by atoms with Crippen molar-refractivity contribution in [2.24, 2.45) is 0 Å². The molecule has 0 radical (unpaired) electrons. The third-order valence-electron chi connectivity index (χ3n) is 6.09. The molecule has 4 aromatic rings. The lowest BCUT2D eigenvalue weighted by Crippen LogP contribution is -2.12. The Morgan fingerprint density at radius 3 is 2.50 bits per heavy atom. The van der Waals surface area contributed by atoms with Crippen LogP contribution in [-0.2, 0) is 6.61 Å². The lowest BCUT2D eigenvalue weighted by atomic mass is 10.1. The number of hydrogen-bond donors (Lipinski definition) is 0. The molecule has 10 heteroatoms. The van der Waals surface area contributed by atoms with Crippen molar-refractivity contribution < 1.29 is 14.4 Å². The van der Waals surface area contributed by atoms with Gasteiger partial charge in [0, 0.05) is 21.2 Å². The van der Waals surface area contributed by atoms with E-state index in [9.17, 15) is 10.1 Å². The second kappa shape index (κ2) is 12.3. The molecule has 0 saturated carbocycles. The van der Waals surface area contributed by atoms with Crippen LogP contribution in [0, 0.1) is 30.9 Å². The zero-order chi connectivity index (χ0) is 27.2. The van der Waals surface area contributed by atoms with E-state index in [2.05, 4.69) is 23.2 Å². The van der Waals surface area contributed by atoms with Crippen molar-refractivity contribution in [1.29, 1.82) is 0 Å². The number of nitro groups is 1. The number of aromatic nitrogens is 3. The van der Waals surface area contributed by atoms with Crippen LogP contribution < -0.4 is 9.47 Å². The normalized spacial score (nSPS) is 11.8. The maximum atomic E-state index is 11.7. The van der Waals surface area contributed by atoms with Crippen LogP contribution in [0.1, 0.15) is 40.3 Å². The van der Waals surface area contributed by atoms with Crippen LogP contribution in [0.5, 0.6) is 11.5 Å². The van der Waals surface area contributed by atoms with E-state index in [1.807, 2.05) is 67.8 Å². The van der Waals surface area contributed by atoms with E-state index in [0.717, 1.165) is 22.4 Å². The molecule has 0 fully saturated rings. The lowest BCUT2D eigenvalue weighted by molar-refractivity contribution is -0.479. The van der Waals surface area contributed by atoms with Gasteiger partial charge in [-0.1, -0.05) is 53.7 Å². The number of thioether (sulfide) groups is 1. The topological polar surface area (TPSA) is 92.3 Å². The first-order chi connectivity index (χ1) is 18.3. The van der Waals surface area contributed by atoms with Gasteiger partial charge in [0.15, 0.2) is 16.7 Å². The molecule has 1 aromatic heterocycles. The van der Waals surface area contributed by atoms with E-state index in [4.69, 9.17) is 21.1 Å². The summed E-state index contributed by atoms with van der Waals surface area (Å²) in [6.45, 7) is 8.23. The van der Waals surface area contributed by atoms with Crippen LogP contribution in [0.3, 0.4) is 0 Å². The molecule has 1 atom stereocenters. The summed E-state index contributed by atoms with van der Waals surface area (Å²) < 4.78 is 13.8. The predicted molar refractivity (Wildman–Crippen MR) is 149 cm³/mol. The largest absolute Gasteiger partial charge is 0.490 e. The van der Waals surface area contributed by atoms with Gasteiger partial charge >= 0.3 is 0 Å². The van der Waals surface area contributed by atoms with E-state index in [-0.39, 0.29) is 18.1 Å². The van der Waals surface area contributed by atoms with Crippen molar-refractivity contribution in [3.63, 3.8) is 0 Å². The number of aryl methyl sites for hydroxylation is 3. The summed E-state index contributed by atoms with van der Waals surface area (Å²) >= 11 is 7.57. The Bertz CT molecular complexity index is 1440. The SMILES string of the molecule is CCOc1cc([C@H](C[N+](=O)[O-])Sc2nnc(C)n2-c2ccc(C)c(C)c2)ccc1OCc1ccccc1Cl. The van der Waals surface area contributed by atoms with Gasteiger partial charge < -0.3 is 9.47 Å². The molecule has 1 heterocycles. The number of rotatable bonds is 11. The fraction of sp³-hybridized carbons (Fsp3) is 0.286. The minimum absolute atomic E-state index is 0.268. The molecular weight excluding hydrogens is 524 g/mol. The van der Waals surface area contributed by atoms with Crippen molar-refractivity contribution >= 4 is 23.4 Å². The third kappa shape index (κ3) is 6.46. The molecule has 3 aromatic carbocycles. The maximum absolute atomic E-state index is 11.7. The van der Waals surface area contributed by atoms with Gasteiger partial charge in [-0.15, -0.1) is 10.2 Å². The summed E-state index contributed by atoms with van der Waals surface area (Å²) in [5.74, 6) is 1.75. The fourth-order valence-electron chi connectivity index (χ4n) is 3.94. The molecule has 0 aliphatic rings. The van der Waals surface area contributed by atoms with E-state index in [0.29, 0.717) is 34.1 Å². The summed E-state index contributed by atoms with van der Waals surface area (Å²) in [6, 6.07) is 19.0. The van der Waals surface area contributed by atoms with Gasteiger partial charge in [0.05, 0.1) is 6.61 Å². The van der Waals surface area contributed by atoms with Gasteiger partial charge in [-0.2, -0.15) is 0 Å². The number of benzene rings is 3. The van der Waals surface area contributed by atoms with E-state index < -0.39 is 5.25 Å². The monoisotopic (exact) mass is 552 g/mol. The molecule has 38 heavy (non-hydrogen) atoms. The smallest absolute Gasteiger partial charge is 0.220 e. The molecule has 0 spiro atoms. The highest BCUT2D eigenvalue weighted by atomic mass is 35.5. The summed E-state index contributed by atoms with van der Waals surface area (Å²) in [5, 5.41) is 20.9. The highest BCUT2D eigenvalue weighted by Gasteiger charge is 2.25. The highest BCUT2D eigenvalue weighted by Crippen LogP contribution is 2.40. The van der Waals surface area contributed by atoms with E-state index >= 15 is 0 Å². The standard InChI is InChI=1S/C28H29ClN4O4S/c1-5-36-26-15-21(11-13-25(26)37-17-22-8-6-7-9-24(22)29)27(16-32(34)35)38-28-31-30-20(4)33(28)23-12-10-18(2)19(3)14-23/h6-15,27H,5,16-17H2,1-4H3/t27-/m0/s1. The number of ether oxygens (including phenoxy) is 2. The van der Waals surface area contributed by atoms with Gasteiger partial charge in [-0.3, -0.25) is 14.7 Å². The molecule has 0 N–H and O–H groups in total. The molecule has 8 nitrogen and oxygen atoms in total. The van der Waals surface area contributed by atoms with Crippen molar-refractivity contribution in [2.45, 2.75) is 44.7 Å². The Morgan fingerprint density at radius 2 is 1.79 bits per heavy atom. The maximum Gasteiger partial charge on any atom is 0.220 e. The number of nitrogens with zero attached hydrogens (tertiary/aromatic N) is 4. The Labute approximate surface area is 231 Å². The summed E-state index contributed by atoms with van der Waals surface area (Å²) in [6.07, 6.45) is 0. The molecule has 4 rings (SSSR count). The van der Waals surface area contributed by atoms with Gasteiger partial charge in [0.1, 0.15) is 17.7 Å².